The summed E-state index contributed by atoms with van der Waals surface area (Å²) in [6.45, 7) is 1.36. The molecule has 1 aromatic carbocycles. The van der Waals surface area contributed by atoms with Crippen LogP contribution in [0.25, 0.3) is 0 Å². The van der Waals surface area contributed by atoms with Crippen LogP contribution in [-0.2, 0) is 16.0 Å². The Morgan fingerprint density at radius 3 is 2.83 bits per heavy atom. The van der Waals surface area contributed by atoms with Crippen LogP contribution in [0, 0.1) is 0 Å². The molecule has 1 aliphatic rings. The molecule has 0 spiro atoms. The number of ether oxygens (including phenoxy) is 1. The normalized spacial score (nSPS) is 20.7. The molecule has 0 bridgehead atoms. The summed E-state index contributed by atoms with van der Waals surface area (Å²) in [5.74, 6) is -0.00523. The number of nitrogens with two attached hydrogens (primary N) is 1. The minimum absolute atomic E-state index is 0.00523. The fraction of sp³-hybridized carbons (Fsp3) is 0.500. The summed E-state index contributed by atoms with van der Waals surface area (Å²) in [6.07, 6.45) is 1.48. The second kappa shape index (κ2) is 5.98. The molecule has 1 saturated heterocycles. The lowest BCUT2D eigenvalue weighted by Crippen LogP contribution is -2.47. The fourth-order valence-corrected chi connectivity index (χ4v) is 2.22. The van der Waals surface area contributed by atoms with Crippen molar-refractivity contribution in [3.8, 4) is 0 Å². The maximum atomic E-state index is 12.2. The second-order valence-corrected chi connectivity index (χ2v) is 4.76. The van der Waals surface area contributed by atoms with Gasteiger partial charge in [-0.25, -0.2) is 0 Å². The van der Waals surface area contributed by atoms with Crippen LogP contribution in [0.2, 0.25) is 0 Å². The third kappa shape index (κ3) is 3.09. The summed E-state index contributed by atoms with van der Waals surface area (Å²) in [5, 5.41) is 0. The minimum atomic E-state index is -0.474. The van der Waals surface area contributed by atoms with Crippen LogP contribution in [0.1, 0.15) is 12.0 Å². The molecule has 0 saturated carbocycles. The van der Waals surface area contributed by atoms with Gasteiger partial charge in [0, 0.05) is 13.7 Å². The zero-order chi connectivity index (χ0) is 13.0. The lowest BCUT2D eigenvalue weighted by atomic mass is 10.0. The van der Waals surface area contributed by atoms with E-state index in [-0.39, 0.29) is 11.9 Å². The first kappa shape index (κ1) is 13.1. The molecule has 1 aromatic rings. The predicted octanol–water partition coefficient (Wildman–Crippen LogP) is 0.804. The highest BCUT2D eigenvalue weighted by Crippen LogP contribution is 2.12. The van der Waals surface area contributed by atoms with Crippen molar-refractivity contribution in [1.29, 1.82) is 0 Å². The molecule has 98 valence electrons. The van der Waals surface area contributed by atoms with Crippen LogP contribution in [0.3, 0.4) is 0 Å². The number of carbonyl (C=O) groups excluding carboxylic acids is 1. The minimum Gasteiger partial charge on any atom is -0.379 e. The molecule has 4 heteroatoms. The molecule has 2 atom stereocenters. The third-order valence-electron chi connectivity index (χ3n) is 3.42. The summed E-state index contributed by atoms with van der Waals surface area (Å²) in [5.41, 5.74) is 7.08. The number of carbonyl (C=O) groups is 1. The van der Waals surface area contributed by atoms with Crippen molar-refractivity contribution in [2.45, 2.75) is 24.9 Å². The van der Waals surface area contributed by atoms with E-state index in [1.807, 2.05) is 37.4 Å². The number of nitrogens with zero attached hydrogens (tertiary/aromatic N) is 1. The molecule has 1 heterocycles. The van der Waals surface area contributed by atoms with E-state index in [4.69, 9.17) is 10.5 Å². The van der Waals surface area contributed by atoms with E-state index in [1.165, 1.54) is 0 Å². The highest BCUT2D eigenvalue weighted by atomic mass is 16.5. The van der Waals surface area contributed by atoms with E-state index in [1.54, 1.807) is 4.90 Å². The predicted molar refractivity (Wildman–Crippen MR) is 70.1 cm³/mol. The first-order valence-corrected chi connectivity index (χ1v) is 6.32. The number of benzene rings is 1. The highest BCUT2D eigenvalue weighted by molar-refractivity contribution is 5.82. The van der Waals surface area contributed by atoms with Crippen molar-refractivity contribution < 1.29 is 9.53 Å². The summed E-state index contributed by atoms with van der Waals surface area (Å²) in [6, 6.07) is 9.57. The first-order valence-electron chi connectivity index (χ1n) is 6.32. The fourth-order valence-electron chi connectivity index (χ4n) is 2.22. The summed E-state index contributed by atoms with van der Waals surface area (Å²) < 4.78 is 5.29. The Balaban J connectivity index is 1.91. The van der Waals surface area contributed by atoms with Gasteiger partial charge in [0.2, 0.25) is 5.91 Å². The van der Waals surface area contributed by atoms with Crippen molar-refractivity contribution >= 4 is 5.91 Å². The van der Waals surface area contributed by atoms with Crippen molar-refractivity contribution in [2.75, 3.05) is 20.3 Å². The average Bonchev–Trinajstić information content (AvgIpc) is 2.92. The van der Waals surface area contributed by atoms with Crippen LogP contribution >= 0.6 is 0 Å². The molecule has 1 aliphatic heterocycles. The Labute approximate surface area is 108 Å². The van der Waals surface area contributed by atoms with Crippen molar-refractivity contribution in [1.82, 2.24) is 4.90 Å². The highest BCUT2D eigenvalue weighted by Gasteiger charge is 2.27. The Hall–Kier alpha value is -1.39. The standard InChI is InChI=1S/C14H20N2O2/c1-16(12-7-8-18-10-12)14(17)13(15)9-11-5-3-2-4-6-11/h2-6,12-13H,7-10,15H2,1H3. The lowest BCUT2D eigenvalue weighted by molar-refractivity contribution is -0.133. The Kier molecular flexibility index (Phi) is 4.33. The Morgan fingerprint density at radius 2 is 2.22 bits per heavy atom. The van der Waals surface area contributed by atoms with E-state index in [2.05, 4.69) is 0 Å². The van der Waals surface area contributed by atoms with Gasteiger partial charge in [0.15, 0.2) is 0 Å². The van der Waals surface area contributed by atoms with Crippen LogP contribution in [0.5, 0.6) is 0 Å². The number of likely N-dealkylation sites (N-methyl/N-ethyl adjacent to an activating group) is 1. The van der Waals surface area contributed by atoms with Gasteiger partial charge in [-0.2, -0.15) is 0 Å². The summed E-state index contributed by atoms with van der Waals surface area (Å²) in [4.78, 5) is 13.9. The molecule has 1 amide bonds. The second-order valence-electron chi connectivity index (χ2n) is 4.76. The van der Waals surface area contributed by atoms with Crippen LogP contribution in [0.4, 0.5) is 0 Å². The topological polar surface area (TPSA) is 55.6 Å². The van der Waals surface area contributed by atoms with Gasteiger partial charge in [0.05, 0.1) is 18.7 Å². The summed E-state index contributed by atoms with van der Waals surface area (Å²) >= 11 is 0. The van der Waals surface area contributed by atoms with Gasteiger partial charge in [-0.3, -0.25) is 4.79 Å². The van der Waals surface area contributed by atoms with E-state index in [0.29, 0.717) is 13.0 Å². The maximum Gasteiger partial charge on any atom is 0.239 e. The lowest BCUT2D eigenvalue weighted by Gasteiger charge is -2.26. The number of rotatable bonds is 4. The molecule has 2 rings (SSSR count). The maximum absolute atomic E-state index is 12.2. The average molecular weight is 248 g/mol. The van der Waals surface area contributed by atoms with E-state index in [9.17, 15) is 4.79 Å². The molecule has 1 fully saturated rings. The van der Waals surface area contributed by atoms with E-state index < -0.39 is 6.04 Å². The third-order valence-corrected chi connectivity index (χ3v) is 3.42. The molecular weight excluding hydrogens is 228 g/mol. The van der Waals surface area contributed by atoms with Crippen molar-refractivity contribution in [3.63, 3.8) is 0 Å². The first-order chi connectivity index (χ1) is 8.68. The molecule has 2 unspecified atom stereocenters. The van der Waals surface area contributed by atoms with Crippen molar-refractivity contribution in [2.24, 2.45) is 5.73 Å². The molecule has 0 aliphatic carbocycles. The quantitative estimate of drug-likeness (QED) is 0.857. The molecule has 4 nitrogen and oxygen atoms in total. The SMILES string of the molecule is CN(C(=O)C(N)Cc1ccccc1)C1CCOC1. The Morgan fingerprint density at radius 1 is 1.50 bits per heavy atom. The molecule has 2 N–H and O–H groups in total. The molecule has 0 radical (unpaired) electrons. The molecule has 0 aromatic heterocycles. The molecular formula is C14H20N2O2. The number of hydrogen-bond acceptors (Lipinski definition) is 3. The van der Waals surface area contributed by atoms with Crippen LogP contribution in [0.15, 0.2) is 30.3 Å². The number of amides is 1. The van der Waals surface area contributed by atoms with Gasteiger partial charge in [-0.05, 0) is 18.4 Å². The zero-order valence-corrected chi connectivity index (χ0v) is 10.7. The van der Waals surface area contributed by atoms with Crippen LogP contribution in [-0.4, -0.2) is 43.2 Å². The summed E-state index contributed by atoms with van der Waals surface area (Å²) in [7, 11) is 1.81. The van der Waals surface area contributed by atoms with Gasteiger partial charge in [0.25, 0.3) is 0 Å². The van der Waals surface area contributed by atoms with Gasteiger partial charge in [-0.1, -0.05) is 30.3 Å². The monoisotopic (exact) mass is 248 g/mol. The van der Waals surface area contributed by atoms with Gasteiger partial charge in [0.1, 0.15) is 0 Å². The van der Waals surface area contributed by atoms with E-state index >= 15 is 0 Å². The smallest absolute Gasteiger partial charge is 0.239 e. The van der Waals surface area contributed by atoms with Crippen LogP contribution < -0.4 is 5.73 Å². The van der Waals surface area contributed by atoms with Gasteiger partial charge in [-0.15, -0.1) is 0 Å². The van der Waals surface area contributed by atoms with E-state index in [0.717, 1.165) is 18.6 Å². The van der Waals surface area contributed by atoms with Gasteiger partial charge < -0.3 is 15.4 Å². The zero-order valence-electron chi connectivity index (χ0n) is 10.7. The van der Waals surface area contributed by atoms with Crippen molar-refractivity contribution in [3.05, 3.63) is 35.9 Å². The number of hydrogen-bond donors (Lipinski definition) is 1. The Bertz CT molecular complexity index is 388. The largest absolute Gasteiger partial charge is 0.379 e. The molecule has 18 heavy (non-hydrogen) atoms. The van der Waals surface area contributed by atoms with Gasteiger partial charge >= 0.3 is 0 Å².